The molecule has 0 radical (unpaired) electrons. The molecule has 21 heteroatoms. The molecule has 3 aromatic carbocycles. The van der Waals surface area contributed by atoms with Crippen molar-refractivity contribution in [2.24, 2.45) is 10.8 Å². The van der Waals surface area contributed by atoms with Gasteiger partial charge in [-0.25, -0.2) is 5.84 Å². The predicted octanol–water partition coefficient (Wildman–Crippen LogP) is 8.30. The van der Waals surface area contributed by atoms with Gasteiger partial charge in [0.05, 0.1) is 29.0 Å². The van der Waals surface area contributed by atoms with Crippen LogP contribution in [-0.2, 0) is 36.9 Å². The number of amides is 3. The largest absolute Gasteiger partial charge is 0.350 e. The van der Waals surface area contributed by atoms with Crippen molar-refractivity contribution in [1.82, 2.24) is 30.5 Å². The highest BCUT2D eigenvalue weighted by Gasteiger charge is 2.26. The molecule has 7 rings (SSSR count). The molecule has 3 aliphatic heterocycles. The summed E-state index contributed by atoms with van der Waals surface area (Å²) in [7, 11) is 0. The zero-order valence-corrected chi connectivity index (χ0v) is 42.1. The maximum atomic E-state index is 12.2. The molecule has 3 aliphatic rings. The number of likely N-dealkylation sites (tertiary alicyclic amines) is 2. The average Bonchev–Trinajstić information content (AvgIpc) is 3.68. The molecule has 0 atom stereocenters. The number of anilines is 3. The van der Waals surface area contributed by atoms with Crippen molar-refractivity contribution in [3.8, 4) is 0 Å². The standard InChI is InChI=1S/C15H17BrN2O2S.C14H15BrN4O.C7H4BrNS.C7H11NO2.H4N2O/c1-10(19)18-8-7-14(20)13(9-18)15(21-2)17-12-5-3-11(16)4-6-12;1-9(20)19-7-6-13-12(8-19)14(18-17-13)16-11-4-2-10(15)3-5-11;8-6-1-3-7(4-2-6)9-5-10;1-6(9)8-4-2-7(10)3-5-8;1-2-3/h3-6,17H,7-9H2,1-2H3;2-5H,6-8H2,1H3,(H2,16,17,18);1-4H;2-5H2,1H3;2-3H,1H2/b15-13-;;;;. The van der Waals surface area contributed by atoms with Crippen molar-refractivity contribution in [2.45, 2.75) is 53.0 Å². The van der Waals surface area contributed by atoms with E-state index in [-0.39, 0.29) is 29.3 Å². The van der Waals surface area contributed by atoms with Gasteiger partial charge in [-0.2, -0.15) is 10.1 Å². The number of hydrogen-bond acceptors (Lipinski definition) is 14. The van der Waals surface area contributed by atoms with Crippen LogP contribution in [0.4, 0.5) is 22.9 Å². The van der Waals surface area contributed by atoms with Crippen molar-refractivity contribution < 1.29 is 29.2 Å². The normalized spacial score (nSPS) is 14.8. The molecular formula is C43H51Br3N10O6S2. The molecule has 0 aliphatic carbocycles. The van der Waals surface area contributed by atoms with Crippen LogP contribution in [0.3, 0.4) is 0 Å². The minimum atomic E-state index is 0.00379. The van der Waals surface area contributed by atoms with Crippen LogP contribution in [-0.4, -0.2) is 104 Å². The van der Waals surface area contributed by atoms with Crippen molar-refractivity contribution in [3.63, 3.8) is 0 Å². The Bertz CT molecular complexity index is 2260. The molecule has 0 saturated carbocycles. The van der Waals surface area contributed by atoms with Gasteiger partial charge in [-0.1, -0.05) is 47.8 Å². The summed E-state index contributed by atoms with van der Waals surface area (Å²) in [5.41, 5.74) is 6.85. The van der Waals surface area contributed by atoms with Gasteiger partial charge in [-0.05, 0) is 91.3 Å². The number of rotatable bonds is 6. The molecule has 2 fully saturated rings. The molecule has 4 heterocycles. The summed E-state index contributed by atoms with van der Waals surface area (Å²) in [6.07, 6.45) is 4.22. The first-order valence-electron chi connectivity index (χ1n) is 19.7. The Hall–Kier alpha value is -4.57. The first-order valence-corrected chi connectivity index (χ1v) is 23.7. The third-order valence-corrected chi connectivity index (χ3v) is 12.0. The number of carbonyl (C=O) groups is 5. The maximum absolute atomic E-state index is 12.2. The molecule has 342 valence electrons. The number of H-pyrrole nitrogens is 1. The lowest BCUT2D eigenvalue weighted by atomic mass is 10.0. The van der Waals surface area contributed by atoms with E-state index in [0.717, 1.165) is 65.6 Å². The first-order chi connectivity index (χ1) is 30.6. The zero-order valence-electron chi connectivity index (χ0n) is 35.8. The predicted molar refractivity (Wildman–Crippen MR) is 265 cm³/mol. The van der Waals surface area contributed by atoms with E-state index in [1.54, 1.807) is 16.7 Å². The number of hydrazine groups is 1. The monoisotopic (exact) mass is 1100 g/mol. The number of carbonyl (C=O) groups excluding carboxylic acids is 5. The SMILES string of the molecule is CC(=O)N1CCC(=O)CC1.CC(=O)N1CCc2[nH]nc(Nc3ccc(Br)cc3)c2C1.CS/C(Nc1ccc(Br)cc1)=C1/CN(C(C)=O)CCC1=O.NNO.S=C=Nc1ccc(Br)cc1. The molecule has 16 nitrogen and oxygen atoms in total. The van der Waals surface area contributed by atoms with Crippen molar-refractivity contribution in [3.05, 3.63) is 108 Å². The fraction of sp³-hybridized carbons (Fsp3) is 0.326. The van der Waals surface area contributed by atoms with E-state index in [4.69, 9.17) is 5.21 Å². The number of isothiocyanates is 1. The van der Waals surface area contributed by atoms with Gasteiger partial charge in [-0.15, -0.1) is 17.4 Å². The second kappa shape index (κ2) is 28.4. The molecule has 7 N–H and O–H groups in total. The van der Waals surface area contributed by atoms with E-state index >= 15 is 0 Å². The Labute approximate surface area is 407 Å². The van der Waals surface area contributed by atoms with Gasteiger partial charge in [-0.3, -0.25) is 29.1 Å². The van der Waals surface area contributed by atoms with Gasteiger partial charge < -0.3 is 30.5 Å². The lowest BCUT2D eigenvalue weighted by Crippen LogP contribution is -2.39. The number of thioether (sulfide) groups is 1. The number of aliphatic imine (C=N–C) groups is 1. The zero-order chi connectivity index (χ0) is 47.2. The molecule has 0 spiro atoms. The van der Waals surface area contributed by atoms with Crippen LogP contribution in [0.25, 0.3) is 0 Å². The van der Waals surface area contributed by atoms with Crippen LogP contribution in [0.1, 0.15) is 51.3 Å². The Morgan fingerprint density at radius 3 is 1.73 bits per heavy atom. The highest BCUT2D eigenvalue weighted by Crippen LogP contribution is 2.28. The van der Waals surface area contributed by atoms with Crippen LogP contribution in [0.2, 0.25) is 0 Å². The number of nitrogens with zero attached hydrogens (tertiary/aromatic N) is 5. The summed E-state index contributed by atoms with van der Waals surface area (Å²) in [6.45, 7) is 8.17. The molecular weight excluding hydrogens is 1060 g/mol. The number of Topliss-reactive ketones (excluding diaryl/α,β-unsaturated/α-hetero) is 2. The second-order valence-electron chi connectivity index (χ2n) is 14.0. The molecule has 4 aromatic rings. The molecule has 2 saturated heterocycles. The van der Waals surface area contributed by atoms with E-state index in [2.05, 4.69) is 96.8 Å². The highest BCUT2D eigenvalue weighted by molar-refractivity contribution is 9.11. The van der Waals surface area contributed by atoms with Crippen molar-refractivity contribution >= 4 is 129 Å². The maximum Gasteiger partial charge on any atom is 0.219 e. The minimum absolute atomic E-state index is 0.00379. The number of fused-ring (bicyclic) bond motifs is 1. The Kier molecular flexibility index (Phi) is 23.8. The third kappa shape index (κ3) is 18.5. The van der Waals surface area contributed by atoms with Crippen molar-refractivity contribution in [2.75, 3.05) is 49.6 Å². The number of nitrogens with one attached hydrogen (secondary N) is 4. The lowest BCUT2D eigenvalue weighted by Gasteiger charge is -2.28. The number of nitrogens with two attached hydrogens (primary N) is 1. The summed E-state index contributed by atoms with van der Waals surface area (Å²) < 4.78 is 3.08. The van der Waals surface area contributed by atoms with Crippen LogP contribution >= 0.6 is 71.8 Å². The van der Waals surface area contributed by atoms with E-state index in [9.17, 15) is 24.0 Å². The summed E-state index contributed by atoms with van der Waals surface area (Å²) in [6, 6.07) is 23.2. The summed E-state index contributed by atoms with van der Waals surface area (Å²) in [4.78, 5) is 65.6. The van der Waals surface area contributed by atoms with Gasteiger partial charge in [0, 0.05) is 114 Å². The molecule has 0 unspecified atom stereocenters. The molecule has 0 bridgehead atoms. The Morgan fingerprint density at radius 1 is 0.766 bits per heavy atom. The molecule has 64 heavy (non-hydrogen) atoms. The topological polar surface area (TPSA) is 218 Å². The third-order valence-electron chi connectivity index (χ3n) is 9.57. The number of hydrogen-bond donors (Lipinski definition) is 6. The van der Waals surface area contributed by atoms with E-state index in [1.807, 2.05) is 84.0 Å². The number of piperidine rings is 2. The van der Waals surface area contributed by atoms with E-state index < -0.39 is 0 Å². The summed E-state index contributed by atoms with van der Waals surface area (Å²) in [5.74, 6) is 5.52. The average molecular weight is 1110 g/mol. The van der Waals surface area contributed by atoms with Gasteiger partial charge in [0.25, 0.3) is 0 Å². The van der Waals surface area contributed by atoms with E-state index in [0.29, 0.717) is 57.6 Å². The lowest BCUT2D eigenvalue weighted by molar-refractivity contribution is -0.133. The number of thiocarbonyl (C=S) groups is 1. The number of ketones is 2. The first kappa shape index (κ1) is 53.8. The van der Waals surface area contributed by atoms with Crippen molar-refractivity contribution in [1.29, 1.82) is 0 Å². The van der Waals surface area contributed by atoms with Crippen LogP contribution in [0.5, 0.6) is 0 Å². The Balaban J connectivity index is 0.000000233. The fourth-order valence-corrected chi connectivity index (χ4v) is 7.65. The van der Waals surface area contributed by atoms with E-state index in [1.165, 1.54) is 31.2 Å². The number of aromatic nitrogens is 2. The van der Waals surface area contributed by atoms with Gasteiger partial charge in [0.2, 0.25) is 17.7 Å². The molecule has 3 amide bonds. The number of benzene rings is 3. The number of aromatic amines is 1. The quantitative estimate of drug-likeness (QED) is 0.0353. The summed E-state index contributed by atoms with van der Waals surface area (Å²) in [5, 5.41) is 24.2. The molecule has 1 aromatic heterocycles. The van der Waals surface area contributed by atoms with Crippen LogP contribution in [0, 0.1) is 0 Å². The van der Waals surface area contributed by atoms with Gasteiger partial charge >= 0.3 is 0 Å². The highest BCUT2D eigenvalue weighted by atomic mass is 79.9. The fourth-order valence-electron chi connectivity index (χ4n) is 6.10. The minimum Gasteiger partial charge on any atom is -0.350 e. The second-order valence-corrected chi connectivity index (χ2v) is 17.7. The van der Waals surface area contributed by atoms with Gasteiger partial charge in [0.1, 0.15) is 5.78 Å². The Morgan fingerprint density at radius 2 is 1.23 bits per heavy atom. The van der Waals surface area contributed by atoms with Gasteiger partial charge in [0.15, 0.2) is 11.6 Å². The van der Waals surface area contributed by atoms with Crippen LogP contribution in [0.15, 0.2) is 102 Å². The van der Waals surface area contributed by atoms with Crippen LogP contribution < -0.4 is 22.1 Å². The smallest absolute Gasteiger partial charge is 0.219 e. The summed E-state index contributed by atoms with van der Waals surface area (Å²) >= 11 is 16.0. The number of halogens is 3.